The zero-order valence-corrected chi connectivity index (χ0v) is 8.41. The number of carbonyl (C=O) groups is 1. The minimum absolute atomic E-state index is 0.0680. The summed E-state index contributed by atoms with van der Waals surface area (Å²) in [6.45, 7) is 5.16. The van der Waals surface area contributed by atoms with Crippen LogP contribution in [-0.2, 0) is 14.3 Å². The second kappa shape index (κ2) is 5.22. The molecule has 0 aromatic heterocycles. The number of hydrogen-bond acceptors (Lipinski definition) is 3. The van der Waals surface area contributed by atoms with E-state index in [2.05, 4.69) is 6.92 Å². The van der Waals surface area contributed by atoms with Crippen LogP contribution in [-0.4, -0.2) is 25.3 Å². The first-order valence-electron chi connectivity index (χ1n) is 4.99. The van der Waals surface area contributed by atoms with Crippen molar-refractivity contribution in [2.45, 2.75) is 39.2 Å². The maximum absolute atomic E-state index is 11.2. The Labute approximate surface area is 79.4 Å². The van der Waals surface area contributed by atoms with E-state index in [1.165, 1.54) is 0 Å². The number of hydrogen-bond donors (Lipinski definition) is 0. The Morgan fingerprint density at radius 2 is 2.38 bits per heavy atom. The Balaban J connectivity index is 2.23. The monoisotopic (exact) mass is 186 g/mol. The first-order chi connectivity index (χ1) is 6.22. The lowest BCUT2D eigenvalue weighted by Gasteiger charge is -2.26. The maximum atomic E-state index is 11.2. The van der Waals surface area contributed by atoms with Crippen molar-refractivity contribution in [3.05, 3.63) is 0 Å². The standard InChI is InChI=1S/C10H18O3/c1-3-12-10(11)7-9-4-5-13-8(2)6-9/h8-9H,3-7H2,1-2H3/t8-,9-/m1/s1. The van der Waals surface area contributed by atoms with Gasteiger partial charge in [-0.2, -0.15) is 0 Å². The SMILES string of the molecule is CCOC(=O)C[C@@H]1CCO[C@H](C)C1. The number of carbonyl (C=O) groups excluding carboxylic acids is 1. The summed E-state index contributed by atoms with van der Waals surface area (Å²) in [7, 11) is 0. The lowest BCUT2D eigenvalue weighted by Crippen LogP contribution is -2.25. The van der Waals surface area contributed by atoms with E-state index >= 15 is 0 Å². The highest BCUT2D eigenvalue weighted by atomic mass is 16.5. The molecule has 1 heterocycles. The fourth-order valence-corrected chi connectivity index (χ4v) is 1.73. The summed E-state index contributed by atoms with van der Waals surface area (Å²) < 4.78 is 10.3. The molecular weight excluding hydrogens is 168 g/mol. The van der Waals surface area contributed by atoms with Crippen LogP contribution in [0.5, 0.6) is 0 Å². The molecule has 0 aliphatic carbocycles. The summed E-state index contributed by atoms with van der Waals surface area (Å²) in [5.41, 5.74) is 0. The van der Waals surface area contributed by atoms with E-state index in [0.717, 1.165) is 19.4 Å². The number of esters is 1. The van der Waals surface area contributed by atoms with Crippen LogP contribution >= 0.6 is 0 Å². The summed E-state index contributed by atoms with van der Waals surface area (Å²) in [6.07, 6.45) is 2.83. The van der Waals surface area contributed by atoms with Gasteiger partial charge in [-0.1, -0.05) is 0 Å². The Morgan fingerprint density at radius 1 is 1.62 bits per heavy atom. The first-order valence-corrected chi connectivity index (χ1v) is 4.99. The number of rotatable bonds is 3. The molecule has 0 saturated carbocycles. The smallest absolute Gasteiger partial charge is 0.306 e. The topological polar surface area (TPSA) is 35.5 Å². The van der Waals surface area contributed by atoms with E-state index in [1.807, 2.05) is 6.92 Å². The quantitative estimate of drug-likeness (QED) is 0.630. The lowest BCUT2D eigenvalue weighted by molar-refractivity contribution is -0.145. The van der Waals surface area contributed by atoms with Gasteiger partial charge in [-0.05, 0) is 32.6 Å². The molecule has 0 amide bonds. The molecule has 1 aliphatic heterocycles. The van der Waals surface area contributed by atoms with Gasteiger partial charge in [0.15, 0.2) is 0 Å². The zero-order chi connectivity index (χ0) is 9.68. The van der Waals surface area contributed by atoms with Crippen LogP contribution < -0.4 is 0 Å². The highest BCUT2D eigenvalue weighted by molar-refractivity contribution is 5.69. The number of ether oxygens (including phenoxy) is 2. The van der Waals surface area contributed by atoms with E-state index in [9.17, 15) is 4.79 Å². The van der Waals surface area contributed by atoms with Gasteiger partial charge in [0.2, 0.25) is 0 Å². The van der Waals surface area contributed by atoms with Crippen molar-refractivity contribution < 1.29 is 14.3 Å². The molecule has 76 valence electrons. The van der Waals surface area contributed by atoms with Gasteiger partial charge in [-0.3, -0.25) is 4.79 Å². The lowest BCUT2D eigenvalue weighted by atomic mass is 9.93. The molecule has 3 nitrogen and oxygen atoms in total. The third-order valence-corrected chi connectivity index (χ3v) is 2.35. The van der Waals surface area contributed by atoms with Crippen molar-refractivity contribution in [3.63, 3.8) is 0 Å². The van der Waals surface area contributed by atoms with Crippen LogP contribution in [0, 0.1) is 5.92 Å². The molecule has 1 fully saturated rings. The van der Waals surface area contributed by atoms with Gasteiger partial charge < -0.3 is 9.47 Å². The van der Waals surface area contributed by atoms with Crippen molar-refractivity contribution in [1.82, 2.24) is 0 Å². The molecule has 0 spiro atoms. The van der Waals surface area contributed by atoms with E-state index in [0.29, 0.717) is 25.0 Å². The Kier molecular flexibility index (Phi) is 4.22. The van der Waals surface area contributed by atoms with E-state index in [-0.39, 0.29) is 5.97 Å². The molecule has 0 aromatic carbocycles. The largest absolute Gasteiger partial charge is 0.466 e. The van der Waals surface area contributed by atoms with Crippen LogP contribution in [0.4, 0.5) is 0 Å². The van der Waals surface area contributed by atoms with Gasteiger partial charge in [0.25, 0.3) is 0 Å². The van der Waals surface area contributed by atoms with Crippen LogP contribution in [0.3, 0.4) is 0 Å². The minimum Gasteiger partial charge on any atom is -0.466 e. The summed E-state index contributed by atoms with van der Waals surface area (Å²) in [4.78, 5) is 11.2. The fourth-order valence-electron chi connectivity index (χ4n) is 1.73. The summed E-state index contributed by atoms with van der Waals surface area (Å²) >= 11 is 0. The molecule has 1 rings (SSSR count). The van der Waals surface area contributed by atoms with Gasteiger partial charge in [-0.25, -0.2) is 0 Å². The molecule has 1 aliphatic rings. The summed E-state index contributed by atoms with van der Waals surface area (Å²) in [5.74, 6) is 0.393. The zero-order valence-electron chi connectivity index (χ0n) is 8.41. The highest BCUT2D eigenvalue weighted by Crippen LogP contribution is 2.23. The van der Waals surface area contributed by atoms with Gasteiger partial charge in [0, 0.05) is 13.0 Å². The molecule has 0 N–H and O–H groups in total. The average Bonchev–Trinajstić information content (AvgIpc) is 2.04. The summed E-state index contributed by atoms with van der Waals surface area (Å²) in [6, 6.07) is 0. The van der Waals surface area contributed by atoms with Gasteiger partial charge >= 0.3 is 5.97 Å². The van der Waals surface area contributed by atoms with Crippen LogP contribution in [0.15, 0.2) is 0 Å². The fraction of sp³-hybridized carbons (Fsp3) is 0.900. The first kappa shape index (κ1) is 10.5. The normalized spacial score (nSPS) is 28.5. The van der Waals surface area contributed by atoms with E-state index in [1.54, 1.807) is 0 Å². The van der Waals surface area contributed by atoms with Gasteiger partial charge in [0.1, 0.15) is 0 Å². The van der Waals surface area contributed by atoms with Crippen molar-refractivity contribution in [1.29, 1.82) is 0 Å². The van der Waals surface area contributed by atoms with Crippen LogP contribution in [0.1, 0.15) is 33.1 Å². The second-order valence-electron chi connectivity index (χ2n) is 3.58. The van der Waals surface area contributed by atoms with Gasteiger partial charge in [0.05, 0.1) is 12.7 Å². The van der Waals surface area contributed by atoms with Crippen molar-refractivity contribution in [3.8, 4) is 0 Å². The third-order valence-electron chi connectivity index (χ3n) is 2.35. The molecule has 0 unspecified atom stereocenters. The molecule has 2 atom stereocenters. The van der Waals surface area contributed by atoms with Crippen molar-refractivity contribution >= 4 is 5.97 Å². The molecule has 0 aromatic rings. The van der Waals surface area contributed by atoms with Gasteiger partial charge in [-0.15, -0.1) is 0 Å². The van der Waals surface area contributed by atoms with Crippen molar-refractivity contribution in [2.24, 2.45) is 5.92 Å². The Bertz CT molecular complexity index is 168. The predicted molar refractivity (Wildman–Crippen MR) is 49.4 cm³/mol. The Hall–Kier alpha value is -0.570. The third kappa shape index (κ3) is 3.77. The molecule has 3 heteroatoms. The highest BCUT2D eigenvalue weighted by Gasteiger charge is 2.21. The maximum Gasteiger partial charge on any atom is 0.306 e. The van der Waals surface area contributed by atoms with Crippen LogP contribution in [0.2, 0.25) is 0 Å². The predicted octanol–water partition coefficient (Wildman–Crippen LogP) is 1.75. The Morgan fingerprint density at radius 3 is 3.00 bits per heavy atom. The second-order valence-corrected chi connectivity index (χ2v) is 3.58. The molecule has 13 heavy (non-hydrogen) atoms. The minimum atomic E-state index is -0.0680. The summed E-state index contributed by atoms with van der Waals surface area (Å²) in [5, 5.41) is 0. The molecule has 1 saturated heterocycles. The van der Waals surface area contributed by atoms with Crippen molar-refractivity contribution in [2.75, 3.05) is 13.2 Å². The molecule has 0 bridgehead atoms. The molecular formula is C10H18O3. The molecule has 0 radical (unpaired) electrons. The van der Waals surface area contributed by atoms with E-state index in [4.69, 9.17) is 9.47 Å². The van der Waals surface area contributed by atoms with Crippen LogP contribution in [0.25, 0.3) is 0 Å². The average molecular weight is 186 g/mol. The van der Waals surface area contributed by atoms with E-state index < -0.39 is 0 Å².